The molecule has 1 aliphatic rings. The number of ether oxygens (including phenoxy) is 1. The average Bonchev–Trinajstić information content (AvgIpc) is 2.73. The SMILES string of the molecule is COc1ccc(C(=NCCCN2CCN(C)CC2)Nc2cccnc2Cl)cc1. The zero-order valence-corrected chi connectivity index (χ0v) is 17.3. The number of amidine groups is 1. The smallest absolute Gasteiger partial charge is 0.152 e. The first-order chi connectivity index (χ1) is 13.7. The predicted octanol–water partition coefficient (Wildman–Crippen LogP) is 3.24. The zero-order valence-electron chi connectivity index (χ0n) is 16.6. The molecule has 1 aromatic carbocycles. The van der Waals surface area contributed by atoms with Gasteiger partial charge in [0.2, 0.25) is 0 Å². The normalized spacial score (nSPS) is 16.2. The molecule has 0 saturated carbocycles. The molecule has 7 heteroatoms. The van der Waals surface area contributed by atoms with E-state index in [0.29, 0.717) is 5.15 Å². The van der Waals surface area contributed by atoms with Crippen LogP contribution in [0.2, 0.25) is 5.15 Å². The largest absolute Gasteiger partial charge is 0.497 e. The summed E-state index contributed by atoms with van der Waals surface area (Å²) < 4.78 is 5.26. The lowest BCUT2D eigenvalue weighted by molar-refractivity contribution is 0.153. The molecule has 0 unspecified atom stereocenters. The minimum absolute atomic E-state index is 0.432. The van der Waals surface area contributed by atoms with Crippen molar-refractivity contribution in [2.45, 2.75) is 6.42 Å². The van der Waals surface area contributed by atoms with E-state index in [4.69, 9.17) is 21.3 Å². The highest BCUT2D eigenvalue weighted by molar-refractivity contribution is 6.32. The van der Waals surface area contributed by atoms with Gasteiger partial charge in [0.25, 0.3) is 0 Å². The molecule has 2 heterocycles. The fraction of sp³-hybridized carbons (Fsp3) is 0.429. The predicted molar refractivity (Wildman–Crippen MR) is 116 cm³/mol. The fourth-order valence-corrected chi connectivity index (χ4v) is 3.28. The summed E-state index contributed by atoms with van der Waals surface area (Å²) in [5, 5.41) is 3.77. The first kappa shape index (κ1) is 20.6. The summed E-state index contributed by atoms with van der Waals surface area (Å²) in [7, 11) is 3.84. The van der Waals surface area contributed by atoms with Crippen LogP contribution >= 0.6 is 11.6 Å². The number of aromatic nitrogens is 1. The molecule has 28 heavy (non-hydrogen) atoms. The Labute approximate surface area is 172 Å². The van der Waals surface area contributed by atoms with Crippen LogP contribution in [0, 0.1) is 0 Å². The number of benzene rings is 1. The Balaban J connectivity index is 1.66. The molecule has 1 aromatic heterocycles. The Kier molecular flexibility index (Phi) is 7.65. The van der Waals surface area contributed by atoms with Gasteiger partial charge in [-0.3, -0.25) is 4.99 Å². The van der Waals surface area contributed by atoms with E-state index in [0.717, 1.165) is 68.5 Å². The maximum Gasteiger partial charge on any atom is 0.152 e. The number of rotatable bonds is 7. The van der Waals surface area contributed by atoms with Gasteiger partial charge in [-0.25, -0.2) is 4.98 Å². The molecule has 0 aliphatic carbocycles. The summed E-state index contributed by atoms with van der Waals surface area (Å²) in [5.41, 5.74) is 1.73. The third kappa shape index (κ3) is 5.92. The number of nitrogens with zero attached hydrogens (tertiary/aromatic N) is 4. The zero-order chi connectivity index (χ0) is 19.8. The second-order valence-corrected chi connectivity index (χ2v) is 7.28. The van der Waals surface area contributed by atoms with E-state index < -0.39 is 0 Å². The standard InChI is InChI=1S/C21H28ClN5O/c1-26-13-15-27(16-14-26)12-4-11-24-21(17-6-8-18(28-2)9-7-17)25-19-5-3-10-23-20(19)22/h3,5-10H,4,11-16H2,1-2H3,(H,24,25). The van der Waals surface area contributed by atoms with E-state index in [-0.39, 0.29) is 0 Å². The molecule has 1 saturated heterocycles. The quantitative estimate of drug-likeness (QED) is 0.334. The van der Waals surface area contributed by atoms with Crippen LogP contribution in [0.15, 0.2) is 47.6 Å². The Morgan fingerprint density at radius 1 is 1.18 bits per heavy atom. The van der Waals surface area contributed by atoms with Gasteiger partial charge < -0.3 is 19.9 Å². The summed E-state index contributed by atoms with van der Waals surface area (Å²) in [6, 6.07) is 11.6. The van der Waals surface area contributed by atoms with Crippen molar-refractivity contribution >= 4 is 23.1 Å². The third-order valence-corrected chi connectivity index (χ3v) is 5.18. The summed E-state index contributed by atoms with van der Waals surface area (Å²) in [6.07, 6.45) is 2.69. The molecular formula is C21H28ClN5O. The minimum atomic E-state index is 0.432. The van der Waals surface area contributed by atoms with Crippen molar-refractivity contribution in [1.29, 1.82) is 0 Å². The highest BCUT2D eigenvalue weighted by atomic mass is 35.5. The lowest BCUT2D eigenvalue weighted by atomic mass is 10.2. The highest BCUT2D eigenvalue weighted by Gasteiger charge is 2.13. The van der Waals surface area contributed by atoms with E-state index in [2.05, 4.69) is 27.1 Å². The van der Waals surface area contributed by atoms with Gasteiger partial charge in [-0.15, -0.1) is 0 Å². The van der Waals surface area contributed by atoms with E-state index in [1.54, 1.807) is 13.3 Å². The van der Waals surface area contributed by atoms with Crippen molar-refractivity contribution in [3.05, 3.63) is 53.3 Å². The number of hydrogen-bond donors (Lipinski definition) is 1. The lowest BCUT2D eigenvalue weighted by Crippen LogP contribution is -2.44. The van der Waals surface area contributed by atoms with E-state index >= 15 is 0 Å². The van der Waals surface area contributed by atoms with E-state index in [1.807, 2.05) is 36.4 Å². The minimum Gasteiger partial charge on any atom is -0.497 e. The number of halogens is 1. The van der Waals surface area contributed by atoms with Crippen LogP contribution in [-0.2, 0) is 0 Å². The van der Waals surface area contributed by atoms with E-state index in [9.17, 15) is 0 Å². The van der Waals surface area contributed by atoms with Crippen LogP contribution in [-0.4, -0.2) is 74.0 Å². The van der Waals surface area contributed by atoms with Gasteiger partial charge in [-0.1, -0.05) is 11.6 Å². The van der Waals surface area contributed by atoms with Gasteiger partial charge in [0.15, 0.2) is 5.15 Å². The lowest BCUT2D eigenvalue weighted by Gasteiger charge is -2.32. The first-order valence-corrected chi connectivity index (χ1v) is 10.0. The van der Waals surface area contributed by atoms with Crippen LogP contribution in [0.25, 0.3) is 0 Å². The average molecular weight is 402 g/mol. The Hall–Kier alpha value is -2.15. The molecule has 1 aliphatic heterocycles. The maximum atomic E-state index is 6.22. The number of hydrogen-bond acceptors (Lipinski definition) is 5. The second kappa shape index (κ2) is 10.4. The van der Waals surface area contributed by atoms with Gasteiger partial charge in [0.05, 0.1) is 12.8 Å². The molecule has 0 bridgehead atoms. The summed E-state index contributed by atoms with van der Waals surface area (Å²) >= 11 is 6.22. The van der Waals surface area contributed by atoms with Crippen molar-refractivity contribution in [3.8, 4) is 5.75 Å². The molecule has 0 amide bonds. The summed E-state index contributed by atoms with van der Waals surface area (Å²) in [4.78, 5) is 13.8. The van der Waals surface area contributed by atoms with Crippen molar-refractivity contribution in [2.24, 2.45) is 4.99 Å². The van der Waals surface area contributed by atoms with Crippen molar-refractivity contribution in [1.82, 2.24) is 14.8 Å². The molecule has 0 atom stereocenters. The van der Waals surface area contributed by atoms with Crippen molar-refractivity contribution in [3.63, 3.8) is 0 Å². The number of methoxy groups -OCH3 is 1. The third-order valence-electron chi connectivity index (χ3n) is 4.87. The number of nitrogens with one attached hydrogen (secondary N) is 1. The fourth-order valence-electron chi connectivity index (χ4n) is 3.12. The summed E-state index contributed by atoms with van der Waals surface area (Å²) in [6.45, 7) is 6.37. The van der Waals surface area contributed by atoms with Crippen LogP contribution in [0.3, 0.4) is 0 Å². The van der Waals surface area contributed by atoms with Gasteiger partial charge in [0, 0.05) is 44.5 Å². The molecule has 3 rings (SSSR count). The highest BCUT2D eigenvalue weighted by Crippen LogP contribution is 2.20. The van der Waals surface area contributed by atoms with Crippen LogP contribution in [0.4, 0.5) is 5.69 Å². The van der Waals surface area contributed by atoms with E-state index in [1.165, 1.54) is 0 Å². The summed E-state index contributed by atoms with van der Waals surface area (Å²) in [5.74, 6) is 1.61. The Morgan fingerprint density at radius 3 is 2.61 bits per heavy atom. The molecule has 2 aromatic rings. The molecular weight excluding hydrogens is 374 g/mol. The van der Waals surface area contributed by atoms with Crippen molar-refractivity contribution in [2.75, 3.05) is 58.7 Å². The maximum absolute atomic E-state index is 6.22. The molecule has 0 radical (unpaired) electrons. The number of likely N-dealkylation sites (N-methyl/N-ethyl adjacent to an activating group) is 1. The van der Waals surface area contributed by atoms with Crippen LogP contribution in [0.1, 0.15) is 12.0 Å². The molecule has 1 N–H and O–H groups in total. The van der Waals surface area contributed by atoms with Gasteiger partial charge in [-0.05, 0) is 56.4 Å². The number of aliphatic imine (C=N–C) groups is 1. The van der Waals surface area contributed by atoms with Gasteiger partial charge in [0.1, 0.15) is 11.6 Å². The molecule has 0 spiro atoms. The number of anilines is 1. The van der Waals surface area contributed by atoms with Gasteiger partial charge in [-0.2, -0.15) is 0 Å². The molecule has 150 valence electrons. The second-order valence-electron chi connectivity index (χ2n) is 6.92. The molecule has 6 nitrogen and oxygen atoms in total. The van der Waals surface area contributed by atoms with Crippen molar-refractivity contribution < 1.29 is 4.74 Å². The molecule has 1 fully saturated rings. The monoisotopic (exact) mass is 401 g/mol. The Bertz CT molecular complexity index is 773. The van der Waals surface area contributed by atoms with Crippen LogP contribution < -0.4 is 10.1 Å². The Morgan fingerprint density at radius 2 is 1.93 bits per heavy atom. The number of pyridine rings is 1. The number of piperazine rings is 1. The van der Waals surface area contributed by atoms with Crippen LogP contribution in [0.5, 0.6) is 5.75 Å². The first-order valence-electron chi connectivity index (χ1n) is 9.63. The van der Waals surface area contributed by atoms with Gasteiger partial charge >= 0.3 is 0 Å². The topological polar surface area (TPSA) is 53.0 Å².